The third kappa shape index (κ3) is 4.85. The van der Waals surface area contributed by atoms with Gasteiger partial charge in [0.2, 0.25) is 11.9 Å². The molecule has 178 valence electrons. The van der Waals surface area contributed by atoms with E-state index in [2.05, 4.69) is 36.6 Å². The average Bonchev–Trinajstić information content (AvgIpc) is 2.85. The maximum atomic E-state index is 12.5. The van der Waals surface area contributed by atoms with Gasteiger partial charge in [-0.1, -0.05) is 11.6 Å². The Morgan fingerprint density at radius 3 is 2.21 bits per heavy atom. The van der Waals surface area contributed by atoms with Gasteiger partial charge in [-0.25, -0.2) is 15.0 Å². The van der Waals surface area contributed by atoms with Gasteiger partial charge in [-0.2, -0.15) is 0 Å². The van der Waals surface area contributed by atoms with Crippen molar-refractivity contribution in [3.05, 3.63) is 57.6 Å². The van der Waals surface area contributed by atoms with E-state index in [9.17, 15) is 4.79 Å². The highest BCUT2D eigenvalue weighted by molar-refractivity contribution is 6.30. The Hall–Kier alpha value is -3.17. The summed E-state index contributed by atoms with van der Waals surface area (Å²) < 4.78 is 0. The highest BCUT2D eigenvalue weighted by Crippen LogP contribution is 2.24. The first-order valence-corrected chi connectivity index (χ1v) is 12.0. The van der Waals surface area contributed by atoms with Crippen molar-refractivity contribution in [2.45, 2.75) is 6.92 Å². The summed E-state index contributed by atoms with van der Waals surface area (Å²) in [4.78, 5) is 38.5. The lowest BCUT2D eigenvalue weighted by molar-refractivity contribution is 0.311. The highest BCUT2D eigenvalue weighted by atomic mass is 35.5. The van der Waals surface area contributed by atoms with Gasteiger partial charge in [0, 0.05) is 80.9 Å². The molecule has 2 fully saturated rings. The number of aromatic amines is 1. The third-order valence-electron chi connectivity index (χ3n) is 6.53. The molecular formula is C24H29ClN8O. The van der Waals surface area contributed by atoms with E-state index in [0.717, 1.165) is 80.3 Å². The van der Waals surface area contributed by atoms with Crippen molar-refractivity contribution in [3.8, 4) is 11.3 Å². The summed E-state index contributed by atoms with van der Waals surface area (Å²) in [7, 11) is 2.13. The van der Waals surface area contributed by atoms with Crippen molar-refractivity contribution in [1.82, 2.24) is 24.8 Å². The molecule has 0 atom stereocenters. The fraction of sp³-hybridized carbons (Fsp3) is 0.417. The Labute approximate surface area is 204 Å². The van der Waals surface area contributed by atoms with Crippen molar-refractivity contribution < 1.29 is 0 Å². The second kappa shape index (κ2) is 9.60. The largest absolute Gasteiger partial charge is 0.368 e. The molecule has 0 spiro atoms. The molecule has 2 saturated heterocycles. The number of rotatable bonds is 4. The number of piperazine rings is 2. The number of aromatic nitrogens is 4. The van der Waals surface area contributed by atoms with E-state index in [1.54, 1.807) is 6.20 Å². The lowest BCUT2D eigenvalue weighted by atomic mass is 10.1. The predicted molar refractivity (Wildman–Crippen MR) is 136 cm³/mol. The van der Waals surface area contributed by atoms with Crippen molar-refractivity contribution in [1.29, 1.82) is 0 Å². The Morgan fingerprint density at radius 1 is 0.882 bits per heavy atom. The molecule has 3 aromatic rings. The predicted octanol–water partition coefficient (Wildman–Crippen LogP) is 2.27. The van der Waals surface area contributed by atoms with Gasteiger partial charge < -0.3 is 19.6 Å². The van der Waals surface area contributed by atoms with Crippen LogP contribution in [0.4, 0.5) is 17.6 Å². The molecule has 5 rings (SSSR count). The molecule has 0 radical (unpaired) electrons. The zero-order valence-corrected chi connectivity index (χ0v) is 20.3. The van der Waals surface area contributed by atoms with E-state index >= 15 is 0 Å². The second-order valence-corrected chi connectivity index (χ2v) is 9.30. The van der Waals surface area contributed by atoms with Crippen LogP contribution >= 0.6 is 11.6 Å². The highest BCUT2D eigenvalue weighted by Gasteiger charge is 2.21. The molecule has 0 amide bonds. The monoisotopic (exact) mass is 480 g/mol. The Kier molecular flexibility index (Phi) is 6.38. The van der Waals surface area contributed by atoms with Crippen LogP contribution in [0.2, 0.25) is 5.02 Å². The zero-order valence-electron chi connectivity index (χ0n) is 19.5. The Bertz CT molecular complexity index is 1200. The fourth-order valence-electron chi connectivity index (χ4n) is 4.43. The molecule has 0 aliphatic carbocycles. The number of H-pyrrole nitrogens is 1. The summed E-state index contributed by atoms with van der Waals surface area (Å²) in [6.45, 7) is 8.93. The van der Waals surface area contributed by atoms with Crippen LogP contribution in [0.15, 0.2) is 41.3 Å². The lowest BCUT2D eigenvalue weighted by Gasteiger charge is -2.36. The SMILES string of the molecule is Cc1nc(N2CCN(C)CC2)ncc1-c1cc(=O)[nH]c(N2CCN(c3ccc(Cl)cc3)CC2)n1. The number of hydrogen-bond donors (Lipinski definition) is 1. The summed E-state index contributed by atoms with van der Waals surface area (Å²) in [5, 5.41) is 0.733. The third-order valence-corrected chi connectivity index (χ3v) is 6.78. The molecule has 0 unspecified atom stereocenters. The number of benzene rings is 1. The minimum Gasteiger partial charge on any atom is -0.368 e. The first-order valence-electron chi connectivity index (χ1n) is 11.6. The summed E-state index contributed by atoms with van der Waals surface area (Å²) in [6, 6.07) is 9.41. The summed E-state index contributed by atoms with van der Waals surface area (Å²) in [5.74, 6) is 1.32. The van der Waals surface area contributed by atoms with E-state index in [1.807, 2.05) is 31.2 Å². The van der Waals surface area contributed by atoms with Crippen LogP contribution in [0.3, 0.4) is 0 Å². The molecular weight excluding hydrogens is 452 g/mol. The van der Waals surface area contributed by atoms with Gasteiger partial charge in [0.25, 0.3) is 5.56 Å². The van der Waals surface area contributed by atoms with Crippen LogP contribution in [-0.4, -0.2) is 84.2 Å². The number of aryl methyl sites for hydroxylation is 1. The molecule has 9 nitrogen and oxygen atoms in total. The smallest absolute Gasteiger partial charge is 0.252 e. The zero-order chi connectivity index (χ0) is 23.7. The average molecular weight is 481 g/mol. The molecule has 0 saturated carbocycles. The normalized spacial score (nSPS) is 17.3. The standard InChI is InChI=1S/C24H29ClN8O/c1-17-20(16-26-23(27-17)32-9-7-30(2)8-10-32)21-15-22(34)29-24(28-21)33-13-11-31(12-14-33)19-5-3-18(25)4-6-19/h3-6,15-16H,7-14H2,1-2H3,(H,28,29,34). The molecule has 34 heavy (non-hydrogen) atoms. The quantitative estimate of drug-likeness (QED) is 0.608. The number of anilines is 3. The Morgan fingerprint density at radius 2 is 1.53 bits per heavy atom. The molecule has 10 heteroatoms. The maximum Gasteiger partial charge on any atom is 0.252 e. The van der Waals surface area contributed by atoms with E-state index in [1.165, 1.54) is 6.07 Å². The molecule has 0 bridgehead atoms. The van der Waals surface area contributed by atoms with Crippen LogP contribution in [0.25, 0.3) is 11.3 Å². The van der Waals surface area contributed by atoms with Crippen LogP contribution in [0.5, 0.6) is 0 Å². The minimum absolute atomic E-state index is 0.178. The molecule has 4 heterocycles. The van der Waals surface area contributed by atoms with Crippen LogP contribution in [0.1, 0.15) is 5.69 Å². The van der Waals surface area contributed by atoms with E-state index in [4.69, 9.17) is 21.6 Å². The van der Waals surface area contributed by atoms with Crippen molar-refractivity contribution >= 4 is 29.2 Å². The number of likely N-dealkylation sites (N-methyl/N-ethyl adjacent to an activating group) is 1. The molecule has 2 aliphatic heterocycles. The second-order valence-electron chi connectivity index (χ2n) is 8.86. The van der Waals surface area contributed by atoms with Crippen LogP contribution < -0.4 is 20.3 Å². The van der Waals surface area contributed by atoms with Gasteiger partial charge in [0.1, 0.15) is 0 Å². The number of halogens is 1. The summed E-state index contributed by atoms with van der Waals surface area (Å²) in [6.07, 6.45) is 1.79. The summed E-state index contributed by atoms with van der Waals surface area (Å²) >= 11 is 6.02. The van der Waals surface area contributed by atoms with Crippen molar-refractivity contribution in [2.24, 2.45) is 0 Å². The number of hydrogen-bond acceptors (Lipinski definition) is 8. The topological polar surface area (TPSA) is 84.5 Å². The lowest BCUT2D eigenvalue weighted by Crippen LogP contribution is -2.47. The Balaban J connectivity index is 1.32. The van der Waals surface area contributed by atoms with Crippen LogP contribution in [0, 0.1) is 6.92 Å². The van der Waals surface area contributed by atoms with Gasteiger partial charge >= 0.3 is 0 Å². The molecule has 2 aliphatic rings. The van der Waals surface area contributed by atoms with Crippen molar-refractivity contribution in [3.63, 3.8) is 0 Å². The fourth-order valence-corrected chi connectivity index (χ4v) is 4.55. The first kappa shape index (κ1) is 22.6. The number of nitrogens with zero attached hydrogens (tertiary/aromatic N) is 7. The molecule has 1 aromatic carbocycles. The van der Waals surface area contributed by atoms with E-state index < -0.39 is 0 Å². The van der Waals surface area contributed by atoms with Crippen molar-refractivity contribution in [2.75, 3.05) is 74.1 Å². The van der Waals surface area contributed by atoms with Gasteiger partial charge in [-0.15, -0.1) is 0 Å². The first-order chi connectivity index (χ1) is 16.5. The molecule has 2 aromatic heterocycles. The van der Waals surface area contributed by atoms with E-state index in [0.29, 0.717) is 11.6 Å². The van der Waals surface area contributed by atoms with Gasteiger partial charge in [-0.05, 0) is 38.2 Å². The van der Waals surface area contributed by atoms with Gasteiger partial charge in [0.05, 0.1) is 11.4 Å². The minimum atomic E-state index is -0.178. The van der Waals surface area contributed by atoms with Gasteiger partial charge in [-0.3, -0.25) is 9.78 Å². The number of nitrogens with one attached hydrogen (secondary N) is 1. The van der Waals surface area contributed by atoms with Gasteiger partial charge in [0.15, 0.2) is 0 Å². The summed E-state index contributed by atoms with van der Waals surface area (Å²) in [5.41, 5.74) is 3.17. The van der Waals surface area contributed by atoms with Crippen LogP contribution in [-0.2, 0) is 0 Å². The van der Waals surface area contributed by atoms with E-state index in [-0.39, 0.29) is 5.56 Å². The molecule has 1 N–H and O–H groups in total. The maximum absolute atomic E-state index is 12.5.